The maximum atomic E-state index is 13.5. The molecule has 4 rings (SSSR count). The molecule has 0 saturated heterocycles. The van der Waals surface area contributed by atoms with Gasteiger partial charge in [0.2, 0.25) is 10.0 Å². The number of methoxy groups -OCH3 is 2. The molecule has 0 aliphatic heterocycles. The summed E-state index contributed by atoms with van der Waals surface area (Å²) in [5, 5.41) is 2.07. The average molecular weight is 519 g/mol. The normalized spacial score (nSPS) is 11.5. The number of esters is 2. The number of rotatable bonds is 8. The number of aryl methyl sites for hydroxylation is 1. The zero-order valence-electron chi connectivity index (χ0n) is 20.7. The third-order valence-corrected chi connectivity index (χ3v) is 7.75. The van der Waals surface area contributed by atoms with Crippen LogP contribution >= 0.6 is 0 Å². The number of fused-ring (bicyclic) bond motifs is 1. The van der Waals surface area contributed by atoms with E-state index in [-0.39, 0.29) is 22.7 Å². The van der Waals surface area contributed by atoms with E-state index in [0.717, 1.165) is 26.2 Å². The van der Waals surface area contributed by atoms with Gasteiger partial charge in [0.05, 0.1) is 42.6 Å². The monoisotopic (exact) mass is 518 g/mol. The van der Waals surface area contributed by atoms with Crippen molar-refractivity contribution in [1.82, 2.24) is 9.29 Å². The highest BCUT2D eigenvalue weighted by molar-refractivity contribution is 7.89. The van der Waals surface area contributed by atoms with Crippen LogP contribution in [0.3, 0.4) is 0 Å². The maximum absolute atomic E-state index is 13.5. The highest BCUT2D eigenvalue weighted by Crippen LogP contribution is 2.26. The van der Waals surface area contributed by atoms with E-state index in [4.69, 9.17) is 9.47 Å². The van der Waals surface area contributed by atoms with E-state index >= 15 is 0 Å². The van der Waals surface area contributed by atoms with Crippen molar-refractivity contribution in [1.29, 1.82) is 0 Å². The molecule has 190 valence electrons. The number of aromatic nitrogens is 1. The number of ether oxygens (including phenoxy) is 2. The second kappa shape index (κ2) is 10.9. The van der Waals surface area contributed by atoms with Gasteiger partial charge in [-0.25, -0.2) is 13.2 Å². The number of pyridine rings is 1. The number of hydrogen-bond donors (Lipinski definition) is 0. The number of carbonyl (C=O) groups is 2. The predicted molar refractivity (Wildman–Crippen MR) is 139 cm³/mol. The van der Waals surface area contributed by atoms with Crippen molar-refractivity contribution in [2.45, 2.75) is 18.4 Å². The summed E-state index contributed by atoms with van der Waals surface area (Å²) in [5.74, 6) is -1.42. The lowest BCUT2D eigenvalue weighted by atomic mass is 10.0. The molecule has 1 heterocycles. The van der Waals surface area contributed by atoms with Gasteiger partial charge in [-0.3, -0.25) is 9.78 Å². The van der Waals surface area contributed by atoms with Crippen LogP contribution in [-0.2, 0) is 30.8 Å². The molecule has 3 aromatic carbocycles. The Morgan fingerprint density at radius 2 is 1.57 bits per heavy atom. The first-order valence-corrected chi connectivity index (χ1v) is 12.9. The van der Waals surface area contributed by atoms with E-state index in [1.807, 2.05) is 49.4 Å². The van der Waals surface area contributed by atoms with Crippen molar-refractivity contribution in [2.24, 2.45) is 0 Å². The van der Waals surface area contributed by atoms with Crippen LogP contribution in [0.25, 0.3) is 22.0 Å². The van der Waals surface area contributed by atoms with E-state index in [2.05, 4.69) is 4.98 Å². The van der Waals surface area contributed by atoms with E-state index in [1.165, 1.54) is 26.4 Å². The number of sulfonamides is 1. The summed E-state index contributed by atoms with van der Waals surface area (Å²) in [6, 6.07) is 23.2. The summed E-state index contributed by atoms with van der Waals surface area (Å²) in [5.41, 5.74) is 2.46. The van der Waals surface area contributed by atoms with Gasteiger partial charge in [-0.05, 0) is 48.0 Å². The van der Waals surface area contributed by atoms with Crippen molar-refractivity contribution in [3.8, 4) is 11.3 Å². The van der Waals surface area contributed by atoms with Crippen LogP contribution in [0.5, 0.6) is 0 Å². The summed E-state index contributed by atoms with van der Waals surface area (Å²) in [6.45, 7) is 0.930. The molecule has 0 amide bonds. The fraction of sp³-hybridized carbons (Fsp3) is 0.179. The molecule has 0 aliphatic carbocycles. The van der Waals surface area contributed by atoms with Gasteiger partial charge in [-0.1, -0.05) is 54.1 Å². The molecule has 0 spiro atoms. The van der Waals surface area contributed by atoms with E-state index in [1.54, 1.807) is 24.3 Å². The SMILES string of the molecule is COC(=O)CN(Cc1nc(-c2ccc3ccccc3c2)ccc1C(=O)OC)S(=O)(=O)c1ccc(C)cc1. The number of benzene rings is 3. The van der Waals surface area contributed by atoms with Gasteiger partial charge in [0.25, 0.3) is 0 Å². The van der Waals surface area contributed by atoms with Crippen LogP contribution in [0, 0.1) is 6.92 Å². The molecule has 0 atom stereocenters. The van der Waals surface area contributed by atoms with E-state index < -0.39 is 28.5 Å². The van der Waals surface area contributed by atoms with Gasteiger partial charge in [-0.2, -0.15) is 4.31 Å². The zero-order chi connectivity index (χ0) is 26.6. The highest BCUT2D eigenvalue weighted by Gasteiger charge is 2.29. The Labute approximate surface area is 215 Å². The summed E-state index contributed by atoms with van der Waals surface area (Å²) in [6.07, 6.45) is 0. The Bertz CT molecular complexity index is 1570. The lowest BCUT2D eigenvalue weighted by Gasteiger charge is -2.22. The van der Waals surface area contributed by atoms with Gasteiger partial charge in [0.15, 0.2) is 0 Å². The molecule has 0 N–H and O–H groups in total. The minimum absolute atomic E-state index is 0.00676. The molecule has 1 aromatic heterocycles. The van der Waals surface area contributed by atoms with Gasteiger partial charge >= 0.3 is 11.9 Å². The first-order valence-electron chi connectivity index (χ1n) is 11.4. The molecule has 0 aliphatic rings. The highest BCUT2D eigenvalue weighted by atomic mass is 32.2. The minimum Gasteiger partial charge on any atom is -0.468 e. The molecule has 4 aromatic rings. The van der Waals surface area contributed by atoms with E-state index in [9.17, 15) is 18.0 Å². The lowest BCUT2D eigenvalue weighted by Crippen LogP contribution is -2.36. The van der Waals surface area contributed by atoms with Crippen molar-refractivity contribution in [2.75, 3.05) is 20.8 Å². The van der Waals surface area contributed by atoms with Crippen molar-refractivity contribution in [3.63, 3.8) is 0 Å². The third-order valence-electron chi connectivity index (χ3n) is 5.94. The molecule has 0 saturated carbocycles. The van der Waals surface area contributed by atoms with Crippen molar-refractivity contribution in [3.05, 3.63) is 95.7 Å². The van der Waals surface area contributed by atoms with Crippen LogP contribution in [0.1, 0.15) is 21.6 Å². The van der Waals surface area contributed by atoms with Crippen LogP contribution in [-0.4, -0.2) is 50.4 Å². The quantitative estimate of drug-likeness (QED) is 0.319. The predicted octanol–water partition coefficient (Wildman–Crippen LogP) is 4.36. The molecule has 9 heteroatoms. The fourth-order valence-corrected chi connectivity index (χ4v) is 5.23. The zero-order valence-corrected chi connectivity index (χ0v) is 21.5. The number of carbonyl (C=O) groups excluding carboxylic acids is 2. The van der Waals surface area contributed by atoms with Crippen molar-refractivity contribution >= 4 is 32.7 Å². The first-order chi connectivity index (χ1) is 17.7. The average Bonchev–Trinajstić information content (AvgIpc) is 2.92. The molecule has 0 fully saturated rings. The van der Waals surface area contributed by atoms with Crippen LogP contribution in [0.4, 0.5) is 0 Å². The molecular weight excluding hydrogens is 492 g/mol. The minimum atomic E-state index is -4.14. The molecule has 8 nitrogen and oxygen atoms in total. The smallest absolute Gasteiger partial charge is 0.339 e. The second-order valence-electron chi connectivity index (χ2n) is 8.41. The standard InChI is InChI=1S/C28H26N2O6S/c1-19-8-12-23(13-9-19)37(33,34)30(18-27(31)35-2)17-26-24(28(32)36-3)14-15-25(29-26)22-11-10-20-6-4-5-7-21(20)16-22/h4-16H,17-18H2,1-3H3. The first kappa shape index (κ1) is 26.0. The number of hydrogen-bond acceptors (Lipinski definition) is 7. The third kappa shape index (κ3) is 5.68. The molecule has 0 unspecified atom stereocenters. The fourth-order valence-electron chi connectivity index (χ4n) is 3.89. The molecule has 0 radical (unpaired) electrons. The lowest BCUT2D eigenvalue weighted by molar-refractivity contribution is -0.140. The molecular formula is C28H26N2O6S. The molecule has 37 heavy (non-hydrogen) atoms. The van der Waals surface area contributed by atoms with Gasteiger partial charge in [0, 0.05) is 5.56 Å². The topological polar surface area (TPSA) is 103 Å². The van der Waals surface area contributed by atoms with E-state index in [0.29, 0.717) is 5.69 Å². The van der Waals surface area contributed by atoms with Crippen molar-refractivity contribution < 1.29 is 27.5 Å². The Morgan fingerprint density at radius 1 is 0.865 bits per heavy atom. The Hall–Kier alpha value is -4.08. The Morgan fingerprint density at radius 3 is 2.24 bits per heavy atom. The van der Waals surface area contributed by atoms with Gasteiger partial charge in [0.1, 0.15) is 6.54 Å². The summed E-state index contributed by atoms with van der Waals surface area (Å²) in [7, 11) is -1.72. The second-order valence-corrected chi connectivity index (χ2v) is 10.3. The summed E-state index contributed by atoms with van der Waals surface area (Å²) in [4.78, 5) is 29.4. The summed E-state index contributed by atoms with van der Waals surface area (Å²) < 4.78 is 37.7. The number of nitrogens with zero attached hydrogens (tertiary/aromatic N) is 2. The molecule has 0 bridgehead atoms. The van der Waals surface area contributed by atoms with Gasteiger partial charge < -0.3 is 9.47 Å². The summed E-state index contributed by atoms with van der Waals surface area (Å²) >= 11 is 0. The van der Waals surface area contributed by atoms with Gasteiger partial charge in [-0.15, -0.1) is 0 Å². The maximum Gasteiger partial charge on any atom is 0.339 e. The largest absolute Gasteiger partial charge is 0.468 e. The van der Waals surface area contributed by atoms with Crippen LogP contribution in [0.2, 0.25) is 0 Å². The van der Waals surface area contributed by atoms with Crippen LogP contribution < -0.4 is 0 Å². The Kier molecular flexibility index (Phi) is 7.66. The van der Waals surface area contributed by atoms with Crippen LogP contribution in [0.15, 0.2) is 83.8 Å². The Balaban J connectivity index is 1.80.